The summed E-state index contributed by atoms with van der Waals surface area (Å²) in [4.78, 5) is 25.2. The monoisotopic (exact) mass is 328 g/mol. The molecule has 1 aromatic heterocycles. The molecule has 0 aliphatic carbocycles. The summed E-state index contributed by atoms with van der Waals surface area (Å²) in [6, 6.07) is 12.6. The summed E-state index contributed by atoms with van der Waals surface area (Å²) in [5, 5.41) is 2.87. The molecule has 1 amide bonds. The Labute approximate surface area is 137 Å². The molecule has 6 heteroatoms. The summed E-state index contributed by atoms with van der Waals surface area (Å²) in [5.74, 6) is -0.630. The zero-order chi connectivity index (χ0) is 16.4. The minimum Gasteiger partial charge on any atom is -0.408 e. The predicted octanol–water partition coefficient (Wildman–Crippen LogP) is 3.59. The molecule has 0 unspecified atom stereocenters. The summed E-state index contributed by atoms with van der Waals surface area (Å²) in [6.07, 6.45) is 1.98. The highest BCUT2D eigenvalue weighted by atomic mass is 32.2. The van der Waals surface area contributed by atoms with Crippen LogP contribution in [0.1, 0.15) is 17.3 Å². The van der Waals surface area contributed by atoms with E-state index in [-0.39, 0.29) is 5.91 Å². The van der Waals surface area contributed by atoms with Crippen LogP contribution in [0.3, 0.4) is 0 Å². The van der Waals surface area contributed by atoms with Gasteiger partial charge in [0.15, 0.2) is 5.58 Å². The van der Waals surface area contributed by atoms with Crippen molar-refractivity contribution in [2.45, 2.75) is 18.4 Å². The fraction of sp³-hybridized carbons (Fsp3) is 0.176. The average Bonchev–Trinajstić information content (AvgIpc) is 2.89. The summed E-state index contributed by atoms with van der Waals surface area (Å²) >= 11 is 1.61. The van der Waals surface area contributed by atoms with Gasteiger partial charge in [-0.25, -0.2) is 4.79 Å². The third-order valence-corrected chi connectivity index (χ3v) is 4.30. The molecule has 0 bridgehead atoms. The lowest BCUT2D eigenvalue weighted by molar-refractivity contribution is 0.102. The second kappa shape index (κ2) is 6.34. The number of hydrogen-bond donors (Lipinski definition) is 1. The molecule has 2 aromatic carbocycles. The van der Waals surface area contributed by atoms with E-state index in [2.05, 4.69) is 5.32 Å². The van der Waals surface area contributed by atoms with Crippen molar-refractivity contribution in [2.24, 2.45) is 0 Å². The van der Waals surface area contributed by atoms with Crippen LogP contribution in [0.2, 0.25) is 0 Å². The SMILES string of the molecule is CCn1c(=O)oc2ccc(C(=O)Nc3cccc(SC)c3)cc21. The van der Waals surface area contributed by atoms with E-state index >= 15 is 0 Å². The fourth-order valence-corrected chi connectivity index (χ4v) is 2.87. The second-order valence-corrected chi connectivity index (χ2v) is 5.86. The molecule has 0 saturated carbocycles. The van der Waals surface area contributed by atoms with Crippen LogP contribution in [0.25, 0.3) is 11.1 Å². The molecule has 0 spiro atoms. The highest BCUT2D eigenvalue weighted by Gasteiger charge is 2.12. The molecule has 1 heterocycles. The average molecular weight is 328 g/mol. The Morgan fingerprint density at radius 3 is 2.83 bits per heavy atom. The van der Waals surface area contributed by atoms with Gasteiger partial charge in [0.1, 0.15) is 0 Å². The van der Waals surface area contributed by atoms with Gasteiger partial charge in [-0.1, -0.05) is 6.07 Å². The number of amides is 1. The minimum atomic E-state index is -0.410. The van der Waals surface area contributed by atoms with Crippen LogP contribution in [0.15, 0.2) is 56.6 Å². The maximum Gasteiger partial charge on any atom is 0.419 e. The van der Waals surface area contributed by atoms with Gasteiger partial charge < -0.3 is 9.73 Å². The van der Waals surface area contributed by atoms with Crippen LogP contribution < -0.4 is 11.1 Å². The van der Waals surface area contributed by atoms with Crippen molar-refractivity contribution in [2.75, 3.05) is 11.6 Å². The minimum absolute atomic E-state index is 0.221. The maximum atomic E-state index is 12.4. The maximum absolute atomic E-state index is 12.4. The standard InChI is InChI=1S/C17H16N2O3S/c1-3-19-14-9-11(7-8-15(14)22-17(19)21)16(20)18-12-5-4-6-13(10-12)23-2/h4-10H,3H2,1-2H3,(H,18,20). The number of nitrogens with zero attached hydrogens (tertiary/aromatic N) is 1. The number of nitrogens with one attached hydrogen (secondary N) is 1. The van der Waals surface area contributed by atoms with E-state index in [9.17, 15) is 9.59 Å². The van der Waals surface area contributed by atoms with Crippen molar-refractivity contribution in [1.82, 2.24) is 4.57 Å². The third-order valence-electron chi connectivity index (χ3n) is 3.57. The normalized spacial score (nSPS) is 10.9. The number of anilines is 1. The van der Waals surface area contributed by atoms with E-state index in [0.717, 1.165) is 10.6 Å². The number of hydrogen-bond acceptors (Lipinski definition) is 4. The number of thioether (sulfide) groups is 1. The molecular formula is C17H16N2O3S. The molecule has 1 N–H and O–H groups in total. The molecule has 23 heavy (non-hydrogen) atoms. The van der Waals surface area contributed by atoms with E-state index in [4.69, 9.17) is 4.42 Å². The number of fused-ring (bicyclic) bond motifs is 1. The molecule has 0 aliphatic rings. The van der Waals surface area contributed by atoms with E-state index in [1.54, 1.807) is 30.0 Å². The van der Waals surface area contributed by atoms with E-state index in [1.807, 2.05) is 37.4 Å². The first-order chi connectivity index (χ1) is 11.1. The Morgan fingerprint density at radius 2 is 2.09 bits per heavy atom. The molecule has 0 fully saturated rings. The molecule has 0 radical (unpaired) electrons. The van der Waals surface area contributed by atoms with Gasteiger partial charge in [0.2, 0.25) is 0 Å². The predicted molar refractivity (Wildman–Crippen MR) is 92.3 cm³/mol. The van der Waals surface area contributed by atoms with E-state index in [1.165, 1.54) is 4.57 Å². The summed E-state index contributed by atoms with van der Waals surface area (Å²) in [7, 11) is 0. The molecule has 3 aromatic rings. The molecule has 0 atom stereocenters. The van der Waals surface area contributed by atoms with Crippen LogP contribution in [0, 0.1) is 0 Å². The number of oxazole rings is 1. The Balaban J connectivity index is 1.92. The first kappa shape index (κ1) is 15.4. The lowest BCUT2D eigenvalue weighted by Crippen LogP contribution is -2.14. The van der Waals surface area contributed by atoms with Crippen molar-refractivity contribution in [3.63, 3.8) is 0 Å². The first-order valence-electron chi connectivity index (χ1n) is 7.21. The molecule has 0 saturated heterocycles. The summed E-state index contributed by atoms with van der Waals surface area (Å²) in [6.45, 7) is 2.35. The Kier molecular flexibility index (Phi) is 4.25. The topological polar surface area (TPSA) is 64.2 Å². The smallest absolute Gasteiger partial charge is 0.408 e. The lowest BCUT2D eigenvalue weighted by atomic mass is 10.2. The van der Waals surface area contributed by atoms with Gasteiger partial charge in [-0.15, -0.1) is 11.8 Å². The van der Waals surface area contributed by atoms with Crippen molar-refractivity contribution in [3.05, 3.63) is 58.6 Å². The van der Waals surface area contributed by atoms with Crippen LogP contribution in [-0.4, -0.2) is 16.7 Å². The Bertz CT molecular complexity index is 927. The molecule has 118 valence electrons. The van der Waals surface area contributed by atoms with Gasteiger partial charge in [0.25, 0.3) is 5.91 Å². The first-order valence-corrected chi connectivity index (χ1v) is 8.43. The quantitative estimate of drug-likeness (QED) is 0.743. The van der Waals surface area contributed by atoms with Crippen LogP contribution in [-0.2, 0) is 6.54 Å². The third kappa shape index (κ3) is 3.03. The highest BCUT2D eigenvalue weighted by Crippen LogP contribution is 2.20. The number of carbonyl (C=O) groups excluding carboxylic acids is 1. The Morgan fingerprint density at radius 1 is 1.26 bits per heavy atom. The largest absolute Gasteiger partial charge is 0.419 e. The highest BCUT2D eigenvalue weighted by molar-refractivity contribution is 7.98. The lowest BCUT2D eigenvalue weighted by Gasteiger charge is -2.07. The number of carbonyl (C=O) groups is 1. The number of aromatic nitrogens is 1. The van der Waals surface area contributed by atoms with Gasteiger partial charge in [-0.3, -0.25) is 9.36 Å². The fourth-order valence-electron chi connectivity index (χ4n) is 2.41. The zero-order valence-corrected chi connectivity index (χ0v) is 13.6. The van der Waals surface area contributed by atoms with Gasteiger partial charge >= 0.3 is 5.76 Å². The van der Waals surface area contributed by atoms with Gasteiger partial charge in [0.05, 0.1) is 5.52 Å². The molecular weight excluding hydrogens is 312 g/mol. The number of benzene rings is 2. The van der Waals surface area contributed by atoms with Gasteiger partial charge in [0, 0.05) is 22.7 Å². The number of rotatable bonds is 4. The van der Waals surface area contributed by atoms with E-state index < -0.39 is 5.76 Å². The van der Waals surface area contributed by atoms with Crippen molar-refractivity contribution in [1.29, 1.82) is 0 Å². The second-order valence-electron chi connectivity index (χ2n) is 4.98. The van der Waals surface area contributed by atoms with Crippen molar-refractivity contribution >= 4 is 34.5 Å². The zero-order valence-electron chi connectivity index (χ0n) is 12.8. The number of aryl methyl sites for hydroxylation is 1. The van der Waals surface area contributed by atoms with Crippen LogP contribution in [0.5, 0.6) is 0 Å². The molecule has 0 aliphatic heterocycles. The van der Waals surface area contributed by atoms with Crippen molar-refractivity contribution < 1.29 is 9.21 Å². The Hall–Kier alpha value is -2.47. The van der Waals surface area contributed by atoms with Crippen LogP contribution in [0.4, 0.5) is 5.69 Å². The molecule has 3 rings (SSSR count). The summed E-state index contributed by atoms with van der Waals surface area (Å²) in [5.41, 5.74) is 2.33. The van der Waals surface area contributed by atoms with Crippen LogP contribution >= 0.6 is 11.8 Å². The van der Waals surface area contributed by atoms with Gasteiger partial charge in [-0.05, 0) is 49.6 Å². The van der Waals surface area contributed by atoms with Crippen molar-refractivity contribution in [3.8, 4) is 0 Å². The van der Waals surface area contributed by atoms with E-state index in [0.29, 0.717) is 23.2 Å². The summed E-state index contributed by atoms with van der Waals surface area (Å²) < 4.78 is 6.65. The molecule has 5 nitrogen and oxygen atoms in total. The van der Waals surface area contributed by atoms with Gasteiger partial charge in [-0.2, -0.15) is 0 Å².